The molecule has 1 aliphatic heterocycles. The van der Waals surface area contributed by atoms with E-state index in [1.807, 2.05) is 11.8 Å². The molecule has 3 heteroatoms. The maximum Gasteiger partial charge on any atom is 0.173 e. The Morgan fingerprint density at radius 3 is 2.38 bits per heavy atom. The second-order valence-electron chi connectivity index (χ2n) is 5.90. The summed E-state index contributed by atoms with van der Waals surface area (Å²) in [6.45, 7) is 3.27. The van der Waals surface area contributed by atoms with Gasteiger partial charge >= 0.3 is 0 Å². The molecule has 24 heavy (non-hydrogen) atoms. The highest BCUT2D eigenvalue weighted by Gasteiger charge is 2.23. The minimum atomic E-state index is -0.198. The van der Waals surface area contributed by atoms with Gasteiger partial charge < -0.3 is 0 Å². The van der Waals surface area contributed by atoms with E-state index in [-0.39, 0.29) is 7.92 Å². The molecule has 118 valence electrons. The van der Waals surface area contributed by atoms with Gasteiger partial charge in [0.1, 0.15) is 0 Å². The molecule has 2 aromatic carbocycles. The third-order valence-corrected chi connectivity index (χ3v) is 8.24. The van der Waals surface area contributed by atoms with Gasteiger partial charge in [0.15, 0.2) is 18.9 Å². The number of hydrogen-bond donors (Lipinski definition) is 0. The van der Waals surface area contributed by atoms with Crippen molar-refractivity contribution in [1.29, 1.82) is 0 Å². The number of hydrogen-bond acceptors (Lipinski definition) is 1. The summed E-state index contributed by atoms with van der Waals surface area (Å²) in [7, 11) is -0.198. The molecule has 1 nitrogen and oxygen atoms in total. The fourth-order valence-electron chi connectivity index (χ4n) is 2.85. The lowest BCUT2D eigenvalue weighted by Gasteiger charge is -2.05. The van der Waals surface area contributed by atoms with Crippen LogP contribution < -0.4 is 9.87 Å². The molecule has 0 radical (unpaired) electrons. The number of benzene rings is 2. The van der Waals surface area contributed by atoms with Crippen molar-refractivity contribution in [2.24, 2.45) is 0 Å². The molecule has 0 saturated carbocycles. The van der Waals surface area contributed by atoms with Gasteiger partial charge in [-0.25, -0.2) is 4.57 Å². The van der Waals surface area contributed by atoms with Crippen molar-refractivity contribution in [2.45, 2.75) is 11.4 Å². The van der Waals surface area contributed by atoms with E-state index in [0.29, 0.717) is 0 Å². The van der Waals surface area contributed by atoms with Crippen molar-refractivity contribution < 1.29 is 4.57 Å². The molecule has 4 rings (SSSR count). The second kappa shape index (κ2) is 6.93. The SMILES string of the molecule is CP1C(=Cc2cc[n+](Cc3ccccc3)cc2)Sc2ccccc21. The van der Waals surface area contributed by atoms with E-state index in [1.54, 1.807) is 0 Å². The van der Waals surface area contributed by atoms with Gasteiger partial charge in [0.2, 0.25) is 0 Å². The molecule has 3 aromatic rings. The number of aromatic nitrogens is 1. The third-order valence-electron chi connectivity index (χ3n) is 4.19. The van der Waals surface area contributed by atoms with Gasteiger partial charge in [-0.05, 0) is 37.6 Å². The van der Waals surface area contributed by atoms with Crippen LogP contribution in [0.3, 0.4) is 0 Å². The lowest BCUT2D eigenvalue weighted by Crippen LogP contribution is -2.33. The molecule has 0 N–H and O–H groups in total. The summed E-state index contributed by atoms with van der Waals surface area (Å²) in [4.78, 5) is 1.42. The Morgan fingerprint density at radius 1 is 0.917 bits per heavy atom. The molecule has 0 aliphatic carbocycles. The van der Waals surface area contributed by atoms with Crippen LogP contribution in [-0.4, -0.2) is 6.66 Å². The Kier molecular flexibility index (Phi) is 4.51. The summed E-state index contributed by atoms with van der Waals surface area (Å²) in [5.41, 5.74) is 2.61. The van der Waals surface area contributed by atoms with Gasteiger partial charge in [0.25, 0.3) is 0 Å². The Morgan fingerprint density at radius 2 is 1.62 bits per heavy atom. The smallest absolute Gasteiger partial charge is 0.173 e. The summed E-state index contributed by atoms with van der Waals surface area (Å²) in [6.07, 6.45) is 6.69. The van der Waals surface area contributed by atoms with E-state index in [4.69, 9.17) is 0 Å². The number of fused-ring (bicyclic) bond motifs is 1. The van der Waals surface area contributed by atoms with Gasteiger partial charge in [-0.1, -0.05) is 60.3 Å². The van der Waals surface area contributed by atoms with Crippen molar-refractivity contribution in [1.82, 2.24) is 0 Å². The molecule has 0 amide bonds. The van der Waals surface area contributed by atoms with Crippen LogP contribution in [0.5, 0.6) is 0 Å². The van der Waals surface area contributed by atoms with E-state index in [1.165, 1.54) is 26.0 Å². The van der Waals surface area contributed by atoms with Gasteiger partial charge in [-0.15, -0.1) is 0 Å². The molecule has 1 aliphatic rings. The summed E-state index contributed by atoms with van der Waals surface area (Å²) in [5.74, 6) is 0. The third kappa shape index (κ3) is 3.31. The first-order valence-electron chi connectivity index (χ1n) is 8.05. The molecular formula is C21H19NPS+. The highest BCUT2D eigenvalue weighted by molar-refractivity contribution is 8.14. The molecule has 0 bridgehead atoms. The maximum atomic E-state index is 2.36. The molecular weight excluding hydrogens is 329 g/mol. The van der Waals surface area contributed by atoms with Gasteiger partial charge in [-0.3, -0.25) is 0 Å². The second-order valence-corrected chi connectivity index (χ2v) is 9.37. The van der Waals surface area contributed by atoms with Crippen LogP contribution in [0.1, 0.15) is 11.1 Å². The van der Waals surface area contributed by atoms with Crippen molar-refractivity contribution in [3.63, 3.8) is 0 Å². The van der Waals surface area contributed by atoms with E-state index in [9.17, 15) is 0 Å². The lowest BCUT2D eigenvalue weighted by atomic mass is 10.2. The zero-order chi connectivity index (χ0) is 16.4. The lowest BCUT2D eigenvalue weighted by molar-refractivity contribution is -0.688. The predicted octanol–water partition coefficient (Wildman–Crippen LogP) is 4.86. The van der Waals surface area contributed by atoms with Crippen LogP contribution in [0.25, 0.3) is 6.08 Å². The minimum absolute atomic E-state index is 0.198. The minimum Gasteiger partial charge on any atom is -0.201 e. The van der Waals surface area contributed by atoms with Crippen LogP contribution in [-0.2, 0) is 6.54 Å². The fraction of sp³-hybridized carbons (Fsp3) is 0.0952. The fourth-order valence-corrected chi connectivity index (χ4v) is 6.57. The Bertz CT molecular complexity index is 872. The van der Waals surface area contributed by atoms with E-state index >= 15 is 0 Å². The van der Waals surface area contributed by atoms with Crippen LogP contribution >= 0.6 is 19.7 Å². The first-order valence-corrected chi connectivity index (χ1v) is 10.7. The summed E-state index contributed by atoms with van der Waals surface area (Å²) in [6, 6.07) is 23.8. The maximum absolute atomic E-state index is 2.36. The molecule has 0 saturated heterocycles. The van der Waals surface area contributed by atoms with Crippen LogP contribution in [0.2, 0.25) is 0 Å². The summed E-state index contributed by atoms with van der Waals surface area (Å²) in [5, 5.41) is 1.51. The normalized spacial score (nSPS) is 17.9. The monoisotopic (exact) mass is 348 g/mol. The Balaban J connectivity index is 1.52. The molecule has 1 aromatic heterocycles. The number of thioether (sulfide) groups is 1. The van der Waals surface area contributed by atoms with Crippen molar-refractivity contribution in [3.8, 4) is 0 Å². The predicted molar refractivity (Wildman–Crippen MR) is 105 cm³/mol. The topological polar surface area (TPSA) is 3.88 Å². The van der Waals surface area contributed by atoms with Gasteiger partial charge in [-0.2, -0.15) is 0 Å². The molecule has 2 heterocycles. The highest BCUT2D eigenvalue weighted by atomic mass is 32.2. The molecule has 0 spiro atoms. The number of rotatable bonds is 3. The van der Waals surface area contributed by atoms with E-state index in [2.05, 4.69) is 96.4 Å². The van der Waals surface area contributed by atoms with Crippen LogP contribution in [0.4, 0.5) is 0 Å². The number of pyridine rings is 1. The van der Waals surface area contributed by atoms with Crippen molar-refractivity contribution in [3.05, 3.63) is 94.9 Å². The largest absolute Gasteiger partial charge is 0.201 e. The quantitative estimate of drug-likeness (QED) is 0.483. The van der Waals surface area contributed by atoms with Gasteiger partial charge in [0.05, 0.1) is 0 Å². The molecule has 0 fully saturated rings. The van der Waals surface area contributed by atoms with E-state index in [0.717, 1.165) is 6.54 Å². The first-order chi connectivity index (χ1) is 11.8. The van der Waals surface area contributed by atoms with Crippen LogP contribution in [0, 0.1) is 0 Å². The summed E-state index contributed by atoms with van der Waals surface area (Å²) >= 11 is 1.93. The number of nitrogens with zero attached hydrogens (tertiary/aromatic N) is 1. The highest BCUT2D eigenvalue weighted by Crippen LogP contribution is 2.57. The first kappa shape index (κ1) is 15.6. The zero-order valence-electron chi connectivity index (χ0n) is 13.6. The molecule has 1 atom stereocenters. The Hall–Kier alpha value is -1.89. The van der Waals surface area contributed by atoms with E-state index < -0.39 is 0 Å². The average Bonchev–Trinajstić information content (AvgIpc) is 2.94. The average molecular weight is 348 g/mol. The summed E-state index contributed by atoms with van der Waals surface area (Å²) < 4.78 is 3.72. The van der Waals surface area contributed by atoms with Crippen molar-refractivity contribution in [2.75, 3.05) is 6.66 Å². The van der Waals surface area contributed by atoms with Crippen molar-refractivity contribution >= 4 is 31.1 Å². The standard InChI is InChI=1S/C21H19NPS/c1-23-19-9-5-6-10-20(19)24-21(23)15-17-11-13-22(14-12-17)16-18-7-3-2-4-8-18/h2-15H,16H2,1H3/q+1. The zero-order valence-corrected chi connectivity index (χ0v) is 15.3. The van der Waals surface area contributed by atoms with Gasteiger partial charge in [0, 0.05) is 27.2 Å². The molecule has 1 unspecified atom stereocenters. The Labute approximate surface area is 148 Å². The van der Waals surface area contributed by atoms with Crippen LogP contribution in [0.15, 0.2) is 88.7 Å².